The Kier molecular flexibility index (Phi) is 3.00. The third-order valence-electron chi connectivity index (χ3n) is 4.35. The molecule has 4 rings (SSSR count). The lowest BCUT2D eigenvalue weighted by molar-refractivity contribution is 0.0938. The Bertz CT molecular complexity index is 1060. The first kappa shape index (κ1) is 14.5. The van der Waals surface area contributed by atoms with Gasteiger partial charge in [-0.2, -0.15) is 0 Å². The number of carbonyl (C=O) groups excluding carboxylic acids is 1. The molecule has 2 heterocycles. The number of rotatable bonds is 1. The topological polar surface area (TPSA) is 79.5 Å². The molecule has 0 radical (unpaired) electrons. The molecule has 5 nitrogen and oxygen atoms in total. The number of fused-ring (bicyclic) bond motifs is 2. The Labute approximate surface area is 137 Å². The summed E-state index contributed by atoms with van der Waals surface area (Å²) in [6.07, 6.45) is 0. The lowest BCUT2D eigenvalue weighted by Crippen LogP contribution is -2.22. The fourth-order valence-electron chi connectivity index (χ4n) is 3.36. The van der Waals surface area contributed by atoms with E-state index in [-0.39, 0.29) is 16.9 Å². The van der Waals surface area contributed by atoms with Crippen molar-refractivity contribution in [3.63, 3.8) is 0 Å². The predicted molar refractivity (Wildman–Crippen MR) is 89.4 cm³/mol. The van der Waals surface area contributed by atoms with E-state index in [9.17, 15) is 14.7 Å². The zero-order valence-corrected chi connectivity index (χ0v) is 13.2. The van der Waals surface area contributed by atoms with Crippen molar-refractivity contribution in [2.24, 2.45) is 0 Å². The van der Waals surface area contributed by atoms with Gasteiger partial charge in [0.15, 0.2) is 5.43 Å². The number of benzene rings is 2. The Hall–Kier alpha value is -3.08. The molecule has 120 valence electrons. The second kappa shape index (κ2) is 4.96. The van der Waals surface area contributed by atoms with E-state index in [0.29, 0.717) is 22.1 Å². The van der Waals surface area contributed by atoms with Gasteiger partial charge in [0.1, 0.15) is 11.3 Å². The van der Waals surface area contributed by atoms with Gasteiger partial charge in [0.25, 0.3) is 5.91 Å². The Morgan fingerprint density at radius 3 is 2.67 bits per heavy atom. The lowest BCUT2D eigenvalue weighted by Gasteiger charge is -2.12. The van der Waals surface area contributed by atoms with Gasteiger partial charge in [-0.05, 0) is 48.7 Å². The maximum absolute atomic E-state index is 13.1. The summed E-state index contributed by atoms with van der Waals surface area (Å²) < 4.78 is 5.77. The van der Waals surface area contributed by atoms with Crippen molar-refractivity contribution in [2.75, 3.05) is 0 Å². The number of aryl methyl sites for hydroxylation is 2. The summed E-state index contributed by atoms with van der Waals surface area (Å²) in [7, 11) is 0. The highest BCUT2D eigenvalue weighted by molar-refractivity contribution is 5.99. The minimum atomic E-state index is -0.624. The van der Waals surface area contributed by atoms with Gasteiger partial charge in [0.2, 0.25) is 5.76 Å². The van der Waals surface area contributed by atoms with Gasteiger partial charge in [0, 0.05) is 0 Å². The fraction of sp³-hybridized carbons (Fsp3) is 0.158. The van der Waals surface area contributed by atoms with Crippen LogP contribution >= 0.6 is 0 Å². The minimum absolute atomic E-state index is 0.0471. The van der Waals surface area contributed by atoms with Gasteiger partial charge >= 0.3 is 0 Å². The predicted octanol–water partition coefficient (Wildman–Crippen LogP) is 2.95. The monoisotopic (exact) mass is 321 g/mol. The van der Waals surface area contributed by atoms with Gasteiger partial charge in [-0.3, -0.25) is 9.59 Å². The second-order valence-electron chi connectivity index (χ2n) is 6.13. The standard InChI is InChI=1S/C19H15NO4/c1-9-6-10(2)14-13(7-9)24-18-15(17(14)22)16(20-19(18)23)11-4-3-5-12(21)8-11/h3-8,16,21H,1-2H3,(H,20,23)/t16-/m1/s1. The second-order valence-corrected chi connectivity index (χ2v) is 6.13. The largest absolute Gasteiger partial charge is 0.508 e. The van der Waals surface area contributed by atoms with Gasteiger partial charge in [-0.15, -0.1) is 0 Å². The maximum Gasteiger partial charge on any atom is 0.288 e. The Morgan fingerprint density at radius 1 is 1.12 bits per heavy atom. The SMILES string of the molecule is Cc1cc(C)c2c(=O)c3c(oc2c1)C(=O)N[C@@H]3c1cccc(O)c1. The molecule has 0 bridgehead atoms. The first-order valence-corrected chi connectivity index (χ1v) is 7.63. The van der Waals surface area contributed by atoms with Crippen molar-refractivity contribution in [2.45, 2.75) is 19.9 Å². The zero-order chi connectivity index (χ0) is 17.0. The molecule has 0 aliphatic carbocycles. The number of hydrogen-bond donors (Lipinski definition) is 2. The molecular weight excluding hydrogens is 306 g/mol. The molecule has 0 saturated carbocycles. The van der Waals surface area contributed by atoms with Crippen molar-refractivity contribution in [1.29, 1.82) is 0 Å². The number of amides is 1. The molecule has 3 aromatic rings. The highest BCUT2D eigenvalue weighted by Crippen LogP contribution is 2.32. The molecule has 0 fully saturated rings. The van der Waals surface area contributed by atoms with Crippen LogP contribution in [0.4, 0.5) is 0 Å². The van der Waals surface area contributed by atoms with Crippen LogP contribution in [0.25, 0.3) is 11.0 Å². The molecule has 1 aliphatic heterocycles. The molecule has 5 heteroatoms. The van der Waals surface area contributed by atoms with E-state index in [2.05, 4.69) is 5.32 Å². The van der Waals surface area contributed by atoms with Gasteiger partial charge < -0.3 is 14.8 Å². The summed E-state index contributed by atoms with van der Waals surface area (Å²) in [4.78, 5) is 25.3. The molecular formula is C19H15NO4. The van der Waals surface area contributed by atoms with E-state index in [1.54, 1.807) is 18.2 Å². The summed E-state index contributed by atoms with van der Waals surface area (Å²) in [5.41, 5.74) is 2.92. The molecule has 0 unspecified atom stereocenters. The smallest absolute Gasteiger partial charge is 0.288 e. The zero-order valence-electron chi connectivity index (χ0n) is 13.2. The van der Waals surface area contributed by atoms with Crippen LogP contribution in [0, 0.1) is 13.8 Å². The van der Waals surface area contributed by atoms with Gasteiger partial charge in [-0.25, -0.2) is 0 Å². The van der Waals surface area contributed by atoms with Crippen molar-refractivity contribution >= 4 is 16.9 Å². The quantitative estimate of drug-likeness (QED) is 0.722. The highest BCUT2D eigenvalue weighted by atomic mass is 16.3. The van der Waals surface area contributed by atoms with E-state index in [1.807, 2.05) is 19.9 Å². The number of nitrogens with one attached hydrogen (secondary N) is 1. The number of carbonyl (C=O) groups is 1. The fourth-order valence-corrected chi connectivity index (χ4v) is 3.36. The molecule has 2 N–H and O–H groups in total. The van der Waals surface area contributed by atoms with Crippen LogP contribution in [0.2, 0.25) is 0 Å². The van der Waals surface area contributed by atoms with Crippen molar-refractivity contribution in [1.82, 2.24) is 5.32 Å². The highest BCUT2D eigenvalue weighted by Gasteiger charge is 2.36. The Morgan fingerprint density at radius 2 is 1.92 bits per heavy atom. The van der Waals surface area contributed by atoms with Gasteiger partial charge in [-0.1, -0.05) is 18.2 Å². The first-order valence-electron chi connectivity index (χ1n) is 7.63. The third-order valence-corrected chi connectivity index (χ3v) is 4.35. The molecule has 1 amide bonds. The maximum atomic E-state index is 13.1. The molecule has 1 aromatic heterocycles. The van der Waals surface area contributed by atoms with Crippen LogP contribution in [0.1, 0.15) is 38.9 Å². The molecule has 0 spiro atoms. The van der Waals surface area contributed by atoms with E-state index >= 15 is 0 Å². The van der Waals surface area contributed by atoms with Crippen LogP contribution in [-0.4, -0.2) is 11.0 Å². The number of phenolic OH excluding ortho intramolecular Hbond substituents is 1. The van der Waals surface area contributed by atoms with E-state index < -0.39 is 11.9 Å². The molecule has 2 aromatic carbocycles. The number of aromatic hydroxyl groups is 1. The summed E-state index contributed by atoms with van der Waals surface area (Å²) in [5, 5.41) is 12.9. The van der Waals surface area contributed by atoms with Crippen LogP contribution in [0.15, 0.2) is 45.6 Å². The van der Waals surface area contributed by atoms with Crippen LogP contribution in [0.3, 0.4) is 0 Å². The summed E-state index contributed by atoms with van der Waals surface area (Å²) in [6.45, 7) is 3.77. The van der Waals surface area contributed by atoms with Crippen LogP contribution in [0.5, 0.6) is 5.75 Å². The van der Waals surface area contributed by atoms with Crippen molar-refractivity contribution < 1.29 is 14.3 Å². The molecule has 1 atom stereocenters. The summed E-state index contributed by atoms with van der Waals surface area (Å²) in [6, 6.07) is 9.55. The van der Waals surface area contributed by atoms with Crippen molar-refractivity contribution in [3.8, 4) is 5.75 Å². The lowest BCUT2D eigenvalue weighted by atomic mass is 9.97. The Balaban J connectivity index is 2.04. The average molecular weight is 321 g/mol. The normalized spacial score (nSPS) is 16.2. The number of hydrogen-bond acceptors (Lipinski definition) is 4. The molecule has 24 heavy (non-hydrogen) atoms. The summed E-state index contributed by atoms with van der Waals surface area (Å²) in [5.74, 6) is -0.297. The van der Waals surface area contributed by atoms with Crippen LogP contribution < -0.4 is 10.7 Å². The van der Waals surface area contributed by atoms with Crippen LogP contribution in [-0.2, 0) is 0 Å². The minimum Gasteiger partial charge on any atom is -0.508 e. The average Bonchev–Trinajstić information content (AvgIpc) is 2.84. The van der Waals surface area contributed by atoms with Crippen molar-refractivity contribution in [3.05, 3.63) is 74.6 Å². The summed E-state index contributed by atoms with van der Waals surface area (Å²) >= 11 is 0. The van der Waals surface area contributed by atoms with Gasteiger partial charge in [0.05, 0.1) is 17.0 Å². The van der Waals surface area contributed by atoms with E-state index in [0.717, 1.165) is 11.1 Å². The molecule has 1 aliphatic rings. The third kappa shape index (κ3) is 2.01. The van der Waals surface area contributed by atoms with E-state index in [1.165, 1.54) is 12.1 Å². The number of phenols is 1. The first-order chi connectivity index (χ1) is 11.5. The molecule has 0 saturated heterocycles. The van der Waals surface area contributed by atoms with E-state index in [4.69, 9.17) is 4.42 Å².